The van der Waals surface area contributed by atoms with Crippen LogP contribution in [0.3, 0.4) is 0 Å². The standard InChI is InChI=1S/C12H17ClN4O2S2/c1-15-5-3-4-9(15)8-16(2)21(18,19)11-10(13)14-12-17(11)6-7-20-12/h6-7,9H,3-5,8H2,1-2H3. The molecule has 0 bridgehead atoms. The van der Waals surface area contributed by atoms with Gasteiger partial charge in [0.05, 0.1) is 0 Å². The van der Waals surface area contributed by atoms with Crippen LogP contribution in [0.4, 0.5) is 0 Å². The minimum atomic E-state index is -3.65. The third-order valence-corrected chi connectivity index (χ3v) is 6.95. The molecule has 0 aromatic carbocycles. The summed E-state index contributed by atoms with van der Waals surface area (Å²) in [6.45, 7) is 1.48. The maximum atomic E-state index is 12.8. The lowest BCUT2D eigenvalue weighted by Crippen LogP contribution is -2.39. The topological polar surface area (TPSA) is 57.9 Å². The van der Waals surface area contributed by atoms with E-state index < -0.39 is 10.0 Å². The van der Waals surface area contributed by atoms with Gasteiger partial charge in [-0.1, -0.05) is 11.6 Å². The molecule has 1 fully saturated rings. The fourth-order valence-corrected chi connectivity index (χ4v) is 5.33. The summed E-state index contributed by atoms with van der Waals surface area (Å²) in [7, 11) is -0.0223. The van der Waals surface area contributed by atoms with Crippen LogP contribution < -0.4 is 0 Å². The van der Waals surface area contributed by atoms with E-state index in [0.717, 1.165) is 19.4 Å². The third kappa shape index (κ3) is 2.59. The molecular weight excluding hydrogens is 332 g/mol. The number of rotatable bonds is 4. The summed E-state index contributed by atoms with van der Waals surface area (Å²) in [5, 5.41) is 1.89. The molecule has 0 aliphatic carbocycles. The zero-order valence-electron chi connectivity index (χ0n) is 11.9. The maximum absolute atomic E-state index is 12.8. The van der Waals surface area contributed by atoms with Gasteiger partial charge in [-0.15, -0.1) is 11.3 Å². The van der Waals surface area contributed by atoms with Crippen molar-refractivity contribution >= 4 is 37.9 Å². The molecule has 2 aromatic heterocycles. The number of hydrogen-bond donors (Lipinski definition) is 0. The Morgan fingerprint density at radius 1 is 1.57 bits per heavy atom. The van der Waals surface area contributed by atoms with Crippen molar-refractivity contribution in [3.8, 4) is 0 Å². The highest BCUT2D eigenvalue weighted by molar-refractivity contribution is 7.89. The highest BCUT2D eigenvalue weighted by Gasteiger charge is 2.32. The highest BCUT2D eigenvalue weighted by atomic mass is 35.5. The van der Waals surface area contributed by atoms with Crippen molar-refractivity contribution < 1.29 is 8.42 Å². The van der Waals surface area contributed by atoms with E-state index in [2.05, 4.69) is 9.88 Å². The van der Waals surface area contributed by atoms with Gasteiger partial charge in [0.25, 0.3) is 10.0 Å². The smallest absolute Gasteiger partial charge is 0.262 e. The number of halogens is 1. The largest absolute Gasteiger partial charge is 0.302 e. The van der Waals surface area contributed by atoms with Crippen LogP contribution in [0.2, 0.25) is 5.15 Å². The van der Waals surface area contributed by atoms with E-state index in [1.807, 2.05) is 7.05 Å². The van der Waals surface area contributed by atoms with Crippen molar-refractivity contribution in [3.63, 3.8) is 0 Å². The summed E-state index contributed by atoms with van der Waals surface area (Å²) in [5.74, 6) is 0. The van der Waals surface area contributed by atoms with Crippen LogP contribution >= 0.6 is 22.9 Å². The third-order valence-electron chi connectivity index (χ3n) is 3.97. The van der Waals surface area contributed by atoms with E-state index in [9.17, 15) is 8.42 Å². The Morgan fingerprint density at radius 3 is 3.00 bits per heavy atom. The Balaban J connectivity index is 1.92. The number of hydrogen-bond acceptors (Lipinski definition) is 5. The first-order chi connectivity index (χ1) is 9.91. The van der Waals surface area contributed by atoms with Crippen LogP contribution in [0, 0.1) is 0 Å². The molecule has 0 saturated carbocycles. The molecule has 9 heteroatoms. The molecule has 0 N–H and O–H groups in total. The molecule has 0 amide bonds. The Kier molecular flexibility index (Phi) is 4.00. The molecule has 21 heavy (non-hydrogen) atoms. The summed E-state index contributed by atoms with van der Waals surface area (Å²) in [5.41, 5.74) is 0. The van der Waals surface area contributed by atoms with Gasteiger partial charge in [0, 0.05) is 31.2 Å². The average Bonchev–Trinajstić information content (AvgIpc) is 3.06. The Hall–Kier alpha value is -0.670. The van der Waals surface area contributed by atoms with Crippen molar-refractivity contribution in [1.29, 1.82) is 0 Å². The number of nitrogens with zero attached hydrogens (tertiary/aromatic N) is 4. The van der Waals surface area contributed by atoms with Crippen LogP contribution in [0.15, 0.2) is 16.6 Å². The van der Waals surface area contributed by atoms with Gasteiger partial charge in [0.1, 0.15) is 0 Å². The monoisotopic (exact) mass is 348 g/mol. The molecule has 1 atom stereocenters. The van der Waals surface area contributed by atoms with Crippen LogP contribution in [-0.4, -0.2) is 60.2 Å². The highest BCUT2D eigenvalue weighted by Crippen LogP contribution is 2.28. The molecule has 3 heterocycles. The van der Waals surface area contributed by atoms with Crippen molar-refractivity contribution in [2.45, 2.75) is 23.9 Å². The van der Waals surface area contributed by atoms with E-state index in [1.165, 1.54) is 20.0 Å². The first kappa shape index (κ1) is 15.2. The minimum Gasteiger partial charge on any atom is -0.302 e. The summed E-state index contributed by atoms with van der Waals surface area (Å²) < 4.78 is 28.5. The molecule has 3 rings (SSSR count). The molecule has 0 radical (unpaired) electrons. The van der Waals surface area contributed by atoms with Gasteiger partial charge >= 0.3 is 0 Å². The zero-order chi connectivity index (χ0) is 15.2. The van der Waals surface area contributed by atoms with Gasteiger partial charge in [-0.05, 0) is 26.4 Å². The quantitative estimate of drug-likeness (QED) is 0.844. The van der Waals surface area contributed by atoms with E-state index in [4.69, 9.17) is 11.6 Å². The lowest BCUT2D eigenvalue weighted by atomic mass is 10.2. The van der Waals surface area contributed by atoms with Gasteiger partial charge < -0.3 is 4.90 Å². The van der Waals surface area contributed by atoms with E-state index >= 15 is 0 Å². The van der Waals surface area contributed by atoms with Gasteiger partial charge in [-0.2, -0.15) is 4.31 Å². The summed E-state index contributed by atoms with van der Waals surface area (Å²) >= 11 is 7.40. The molecule has 1 aliphatic rings. The van der Waals surface area contributed by atoms with Crippen LogP contribution in [0.25, 0.3) is 4.96 Å². The summed E-state index contributed by atoms with van der Waals surface area (Å²) in [6, 6.07) is 0.259. The fourth-order valence-electron chi connectivity index (χ4n) is 2.72. The van der Waals surface area contributed by atoms with Gasteiger partial charge in [0.2, 0.25) is 0 Å². The van der Waals surface area contributed by atoms with Crippen LogP contribution in [-0.2, 0) is 10.0 Å². The second kappa shape index (κ2) is 5.51. The van der Waals surface area contributed by atoms with E-state index in [-0.39, 0.29) is 16.2 Å². The number of thiazole rings is 1. The Labute approximate surface area is 133 Å². The second-order valence-corrected chi connectivity index (χ2v) is 8.52. The van der Waals surface area contributed by atoms with Crippen molar-refractivity contribution in [2.24, 2.45) is 0 Å². The van der Waals surface area contributed by atoms with Crippen LogP contribution in [0.1, 0.15) is 12.8 Å². The molecule has 0 spiro atoms. The number of aromatic nitrogens is 2. The van der Waals surface area contributed by atoms with E-state index in [1.54, 1.807) is 18.6 Å². The SMILES string of the molecule is CN1CCCC1CN(C)S(=O)(=O)c1c(Cl)nc2sccn12. The lowest BCUT2D eigenvalue weighted by molar-refractivity contribution is 0.270. The normalized spacial score (nSPS) is 20.9. The predicted octanol–water partition coefficient (Wildman–Crippen LogP) is 1.76. The average molecular weight is 349 g/mol. The number of fused-ring (bicyclic) bond motifs is 1. The number of likely N-dealkylation sites (N-methyl/N-ethyl adjacent to an activating group) is 2. The fraction of sp³-hybridized carbons (Fsp3) is 0.583. The van der Waals surface area contributed by atoms with Crippen molar-refractivity contribution in [1.82, 2.24) is 18.6 Å². The predicted molar refractivity (Wildman–Crippen MR) is 83.5 cm³/mol. The Bertz CT molecular complexity index is 754. The first-order valence-electron chi connectivity index (χ1n) is 6.69. The van der Waals surface area contributed by atoms with Gasteiger partial charge in [0.15, 0.2) is 15.1 Å². The molecule has 6 nitrogen and oxygen atoms in total. The zero-order valence-corrected chi connectivity index (χ0v) is 14.2. The molecule has 1 unspecified atom stereocenters. The van der Waals surface area contributed by atoms with Crippen molar-refractivity contribution in [3.05, 3.63) is 16.7 Å². The van der Waals surface area contributed by atoms with Crippen molar-refractivity contribution in [2.75, 3.05) is 27.2 Å². The van der Waals surface area contributed by atoms with E-state index in [0.29, 0.717) is 11.5 Å². The molecule has 1 saturated heterocycles. The molecule has 1 aliphatic heterocycles. The number of sulfonamides is 1. The minimum absolute atomic E-state index is 0.0356. The number of likely N-dealkylation sites (tertiary alicyclic amines) is 1. The van der Waals surface area contributed by atoms with Crippen LogP contribution in [0.5, 0.6) is 0 Å². The number of imidazole rings is 1. The molecule has 2 aromatic rings. The Morgan fingerprint density at radius 2 is 2.33 bits per heavy atom. The lowest BCUT2D eigenvalue weighted by Gasteiger charge is -2.25. The van der Waals surface area contributed by atoms with Gasteiger partial charge in [-0.25, -0.2) is 13.4 Å². The molecular formula is C12H17ClN4O2S2. The summed E-state index contributed by atoms with van der Waals surface area (Å²) in [4.78, 5) is 6.89. The molecule has 116 valence electrons. The summed E-state index contributed by atoms with van der Waals surface area (Å²) in [6.07, 6.45) is 3.81. The van der Waals surface area contributed by atoms with Gasteiger partial charge in [-0.3, -0.25) is 4.40 Å². The second-order valence-electron chi connectivity index (χ2n) is 5.33. The first-order valence-corrected chi connectivity index (χ1v) is 9.38. The maximum Gasteiger partial charge on any atom is 0.262 e.